The first-order chi connectivity index (χ1) is 12.2. The van der Waals surface area contributed by atoms with Crippen LogP contribution in [0.3, 0.4) is 0 Å². The quantitative estimate of drug-likeness (QED) is 0.609. The van der Waals surface area contributed by atoms with Crippen LogP contribution in [0.5, 0.6) is 0 Å². The minimum Gasteiger partial charge on any atom is -0.298 e. The molecule has 0 saturated heterocycles. The summed E-state index contributed by atoms with van der Waals surface area (Å²) in [5, 5.41) is 13.7. The number of nitrogens with zero attached hydrogens (tertiary/aromatic N) is 6. The molecule has 0 saturated carbocycles. The van der Waals surface area contributed by atoms with Gasteiger partial charge < -0.3 is 0 Å². The van der Waals surface area contributed by atoms with E-state index in [1.165, 1.54) is 17.7 Å². The summed E-state index contributed by atoms with van der Waals surface area (Å²) in [6.45, 7) is 4.63. The first kappa shape index (κ1) is 15.5. The molecular formula is C16H15N7OS. The first-order valence-electron chi connectivity index (χ1n) is 7.74. The number of anilines is 1. The summed E-state index contributed by atoms with van der Waals surface area (Å²) in [6.07, 6.45) is 5.01. The minimum atomic E-state index is -0.267. The van der Waals surface area contributed by atoms with E-state index >= 15 is 0 Å². The second-order valence-electron chi connectivity index (χ2n) is 5.45. The Morgan fingerprint density at radius 2 is 2.24 bits per heavy atom. The normalized spacial score (nSPS) is 11.1. The zero-order chi connectivity index (χ0) is 17.4. The van der Waals surface area contributed by atoms with Crippen molar-refractivity contribution in [2.75, 3.05) is 5.32 Å². The van der Waals surface area contributed by atoms with Crippen molar-refractivity contribution in [3.63, 3.8) is 0 Å². The van der Waals surface area contributed by atoms with Gasteiger partial charge in [-0.2, -0.15) is 10.2 Å². The van der Waals surface area contributed by atoms with Crippen LogP contribution in [-0.2, 0) is 6.54 Å². The number of hydrogen-bond acceptors (Lipinski definition) is 6. The second-order valence-corrected chi connectivity index (χ2v) is 6.31. The summed E-state index contributed by atoms with van der Waals surface area (Å²) in [5.74, 6) is -0.267. The summed E-state index contributed by atoms with van der Waals surface area (Å²) in [5.41, 5.74) is 3.56. The molecule has 9 heteroatoms. The molecule has 126 valence electrons. The van der Waals surface area contributed by atoms with E-state index in [1.54, 1.807) is 10.7 Å². The summed E-state index contributed by atoms with van der Waals surface area (Å²) in [4.78, 5) is 21.2. The highest BCUT2D eigenvalue weighted by molar-refractivity contribution is 7.13. The standard InChI is InChI=1S/C16H15N7OS/c1-3-22-13(4-5-18-22)11-6-12(14-17-9-19-23(14)7-11)15(24)21-16-20-10(2)8-25-16/h4-9H,3H2,1-2H3,(H,20,21,24). The lowest BCUT2D eigenvalue weighted by molar-refractivity contribution is 0.102. The average Bonchev–Trinajstić information content (AvgIpc) is 3.33. The van der Waals surface area contributed by atoms with Crippen LogP contribution >= 0.6 is 11.3 Å². The smallest absolute Gasteiger partial charge is 0.261 e. The largest absolute Gasteiger partial charge is 0.298 e. The van der Waals surface area contributed by atoms with E-state index in [0.29, 0.717) is 16.3 Å². The molecule has 0 radical (unpaired) electrons. The highest BCUT2D eigenvalue weighted by Crippen LogP contribution is 2.23. The Balaban J connectivity index is 1.79. The third-order valence-corrected chi connectivity index (χ3v) is 4.65. The molecule has 0 atom stereocenters. The van der Waals surface area contributed by atoms with Gasteiger partial charge in [0.25, 0.3) is 5.91 Å². The number of carbonyl (C=O) groups is 1. The van der Waals surface area contributed by atoms with Gasteiger partial charge in [-0.15, -0.1) is 11.3 Å². The van der Waals surface area contributed by atoms with Crippen molar-refractivity contribution in [2.45, 2.75) is 20.4 Å². The van der Waals surface area contributed by atoms with E-state index in [1.807, 2.05) is 42.2 Å². The molecule has 0 unspecified atom stereocenters. The maximum atomic E-state index is 12.8. The first-order valence-corrected chi connectivity index (χ1v) is 8.62. The van der Waals surface area contributed by atoms with E-state index in [-0.39, 0.29) is 5.91 Å². The highest BCUT2D eigenvalue weighted by atomic mass is 32.1. The summed E-state index contributed by atoms with van der Waals surface area (Å²) in [6, 6.07) is 3.72. The fraction of sp³-hybridized carbons (Fsp3) is 0.188. The number of aryl methyl sites for hydroxylation is 2. The number of aromatic nitrogens is 6. The molecule has 25 heavy (non-hydrogen) atoms. The van der Waals surface area contributed by atoms with Crippen molar-refractivity contribution in [3.8, 4) is 11.3 Å². The van der Waals surface area contributed by atoms with E-state index in [2.05, 4.69) is 25.5 Å². The number of rotatable bonds is 4. The number of hydrogen-bond donors (Lipinski definition) is 1. The van der Waals surface area contributed by atoms with Crippen LogP contribution < -0.4 is 5.32 Å². The van der Waals surface area contributed by atoms with Crippen LogP contribution in [0.25, 0.3) is 16.9 Å². The third-order valence-electron chi connectivity index (χ3n) is 3.77. The van der Waals surface area contributed by atoms with Gasteiger partial charge in [-0.3, -0.25) is 14.8 Å². The molecule has 1 N–H and O–H groups in total. The molecule has 1 amide bonds. The lowest BCUT2D eigenvalue weighted by Crippen LogP contribution is -2.14. The fourth-order valence-corrected chi connectivity index (χ4v) is 3.32. The van der Waals surface area contributed by atoms with E-state index < -0.39 is 0 Å². The van der Waals surface area contributed by atoms with Crippen LogP contribution in [0, 0.1) is 6.92 Å². The van der Waals surface area contributed by atoms with Crippen molar-refractivity contribution in [2.24, 2.45) is 0 Å². The number of fused-ring (bicyclic) bond motifs is 1. The van der Waals surface area contributed by atoms with Gasteiger partial charge in [0, 0.05) is 29.9 Å². The van der Waals surface area contributed by atoms with Crippen LogP contribution in [0.1, 0.15) is 23.0 Å². The maximum absolute atomic E-state index is 12.8. The molecule has 4 aromatic heterocycles. The summed E-state index contributed by atoms with van der Waals surface area (Å²) >= 11 is 1.39. The molecule has 0 aliphatic carbocycles. The van der Waals surface area contributed by atoms with Crippen molar-refractivity contribution in [3.05, 3.63) is 47.5 Å². The monoisotopic (exact) mass is 353 g/mol. The molecule has 0 fully saturated rings. The van der Waals surface area contributed by atoms with Gasteiger partial charge in [0.05, 0.1) is 17.0 Å². The SMILES string of the molecule is CCn1nccc1-c1cc(C(=O)Nc2nc(C)cs2)c2ncnn2c1. The van der Waals surface area contributed by atoms with E-state index in [9.17, 15) is 4.79 Å². The van der Waals surface area contributed by atoms with Gasteiger partial charge in [0.1, 0.15) is 6.33 Å². The van der Waals surface area contributed by atoms with Gasteiger partial charge in [-0.25, -0.2) is 14.5 Å². The van der Waals surface area contributed by atoms with Crippen LogP contribution in [0.4, 0.5) is 5.13 Å². The zero-order valence-corrected chi connectivity index (χ0v) is 14.5. The van der Waals surface area contributed by atoms with Crippen molar-refractivity contribution in [1.82, 2.24) is 29.4 Å². The number of nitrogens with one attached hydrogen (secondary N) is 1. The maximum Gasteiger partial charge on any atom is 0.261 e. The summed E-state index contributed by atoms with van der Waals surface area (Å²) < 4.78 is 3.47. The van der Waals surface area contributed by atoms with Crippen molar-refractivity contribution >= 4 is 28.0 Å². The highest BCUT2D eigenvalue weighted by Gasteiger charge is 2.17. The molecule has 0 spiro atoms. The van der Waals surface area contributed by atoms with Gasteiger partial charge in [0.15, 0.2) is 10.8 Å². The Morgan fingerprint density at radius 3 is 3.00 bits per heavy atom. The number of carbonyl (C=O) groups excluding carboxylic acids is 1. The molecule has 0 aliphatic heterocycles. The van der Waals surface area contributed by atoms with E-state index in [4.69, 9.17) is 0 Å². The van der Waals surface area contributed by atoms with Gasteiger partial charge >= 0.3 is 0 Å². The zero-order valence-electron chi connectivity index (χ0n) is 13.7. The Morgan fingerprint density at radius 1 is 1.36 bits per heavy atom. The molecule has 4 rings (SSSR count). The molecule has 4 aromatic rings. The Kier molecular flexibility index (Phi) is 3.77. The number of amides is 1. The van der Waals surface area contributed by atoms with Crippen molar-refractivity contribution in [1.29, 1.82) is 0 Å². The summed E-state index contributed by atoms with van der Waals surface area (Å²) in [7, 11) is 0. The minimum absolute atomic E-state index is 0.267. The van der Waals surface area contributed by atoms with Gasteiger partial charge in [-0.05, 0) is 26.0 Å². The Hall–Kier alpha value is -3.07. The van der Waals surface area contributed by atoms with Crippen LogP contribution in [0.2, 0.25) is 0 Å². The molecule has 8 nitrogen and oxygen atoms in total. The van der Waals surface area contributed by atoms with Crippen molar-refractivity contribution < 1.29 is 4.79 Å². The number of thiazole rings is 1. The predicted molar refractivity (Wildman–Crippen MR) is 94.7 cm³/mol. The predicted octanol–water partition coefficient (Wildman–Crippen LogP) is 2.63. The molecular weight excluding hydrogens is 338 g/mol. The Bertz CT molecular complexity index is 1060. The molecule has 4 heterocycles. The van der Waals surface area contributed by atoms with Gasteiger partial charge in [-0.1, -0.05) is 0 Å². The van der Waals surface area contributed by atoms with E-state index in [0.717, 1.165) is 23.5 Å². The second kappa shape index (κ2) is 6.10. The Labute approximate surface area is 147 Å². The van der Waals surface area contributed by atoms with Gasteiger partial charge in [0.2, 0.25) is 0 Å². The number of pyridine rings is 1. The molecule has 0 bridgehead atoms. The molecule has 0 aromatic carbocycles. The molecule has 0 aliphatic rings. The van der Waals surface area contributed by atoms with Crippen LogP contribution in [0.15, 0.2) is 36.2 Å². The average molecular weight is 353 g/mol. The third kappa shape index (κ3) is 2.78. The lowest BCUT2D eigenvalue weighted by Gasteiger charge is -2.09. The van der Waals surface area contributed by atoms with Crippen LogP contribution in [-0.4, -0.2) is 35.3 Å². The lowest BCUT2D eigenvalue weighted by atomic mass is 10.1. The topological polar surface area (TPSA) is 90.0 Å². The fourth-order valence-electron chi connectivity index (χ4n) is 2.64.